The number of rotatable bonds is 6. The molecule has 0 saturated carbocycles. The van der Waals surface area contributed by atoms with E-state index >= 15 is 0 Å². The Morgan fingerprint density at radius 2 is 2.15 bits per heavy atom. The zero-order valence-corrected chi connectivity index (χ0v) is 12.1. The molecule has 0 aromatic heterocycles. The van der Waals surface area contributed by atoms with Crippen molar-refractivity contribution in [2.45, 2.75) is 0 Å². The third-order valence-corrected chi connectivity index (χ3v) is 2.85. The Morgan fingerprint density at radius 3 is 2.75 bits per heavy atom. The summed E-state index contributed by atoms with van der Waals surface area (Å²) in [7, 11) is 3.05. The molecule has 110 valence electrons. The zero-order valence-electron chi connectivity index (χ0n) is 11.4. The van der Waals surface area contributed by atoms with Gasteiger partial charge in [-0.15, -0.1) is 0 Å². The van der Waals surface area contributed by atoms with E-state index in [0.717, 1.165) is 0 Å². The Morgan fingerprint density at radius 1 is 1.45 bits per heavy atom. The van der Waals surface area contributed by atoms with Gasteiger partial charge in [-0.3, -0.25) is 9.59 Å². The minimum atomic E-state index is -0.353. The molecule has 1 aromatic carbocycles. The smallest absolute Gasteiger partial charge is 0.254 e. The molecule has 6 nitrogen and oxygen atoms in total. The van der Waals surface area contributed by atoms with Gasteiger partial charge in [-0.1, -0.05) is 11.6 Å². The predicted molar refractivity (Wildman–Crippen MR) is 75.0 cm³/mol. The fraction of sp³-hybridized carbons (Fsp3) is 0.385. The van der Waals surface area contributed by atoms with Crippen LogP contribution in [0.25, 0.3) is 0 Å². The maximum atomic E-state index is 12.1. The number of carbonyl (C=O) groups is 2. The third kappa shape index (κ3) is 4.71. The standard InChI is InChI=1S/C13H17ClN2O4/c1-16(8-12(18)15-5-6-20-2)13(19)9-3-4-11(17)10(14)7-9/h3-4,7,17H,5-6,8H2,1-2H3,(H,15,18). The van der Waals surface area contributed by atoms with Crippen molar-refractivity contribution in [1.82, 2.24) is 10.2 Å². The fourth-order valence-corrected chi connectivity index (χ4v) is 1.68. The van der Waals surface area contributed by atoms with E-state index in [2.05, 4.69) is 5.32 Å². The molecule has 0 atom stereocenters. The van der Waals surface area contributed by atoms with Crippen LogP contribution in [-0.2, 0) is 9.53 Å². The van der Waals surface area contributed by atoms with Crippen LogP contribution in [0.2, 0.25) is 5.02 Å². The van der Waals surface area contributed by atoms with E-state index in [1.165, 1.54) is 37.3 Å². The first kappa shape index (κ1) is 16.3. The molecule has 0 spiro atoms. The monoisotopic (exact) mass is 300 g/mol. The maximum Gasteiger partial charge on any atom is 0.254 e. The molecule has 0 radical (unpaired) electrons. The fourth-order valence-electron chi connectivity index (χ4n) is 1.50. The number of likely N-dealkylation sites (N-methyl/N-ethyl adjacent to an activating group) is 1. The summed E-state index contributed by atoms with van der Waals surface area (Å²) < 4.78 is 4.80. The number of phenolic OH excluding ortho intramolecular Hbond substituents is 1. The minimum Gasteiger partial charge on any atom is -0.506 e. The van der Waals surface area contributed by atoms with Crippen molar-refractivity contribution in [3.05, 3.63) is 28.8 Å². The second kappa shape index (κ2) is 7.72. The van der Waals surface area contributed by atoms with Crippen LogP contribution in [0, 0.1) is 0 Å². The highest BCUT2D eigenvalue weighted by Gasteiger charge is 2.15. The number of nitrogens with one attached hydrogen (secondary N) is 1. The normalized spacial score (nSPS) is 10.2. The van der Waals surface area contributed by atoms with Gasteiger partial charge in [-0.05, 0) is 18.2 Å². The van der Waals surface area contributed by atoms with Crippen LogP contribution in [0.4, 0.5) is 0 Å². The second-order valence-corrected chi connectivity index (χ2v) is 4.58. The van der Waals surface area contributed by atoms with Gasteiger partial charge < -0.3 is 20.1 Å². The van der Waals surface area contributed by atoms with Gasteiger partial charge in [0.25, 0.3) is 5.91 Å². The number of methoxy groups -OCH3 is 1. The maximum absolute atomic E-state index is 12.1. The summed E-state index contributed by atoms with van der Waals surface area (Å²) in [5, 5.41) is 12.0. The van der Waals surface area contributed by atoms with Crippen molar-refractivity contribution in [3.63, 3.8) is 0 Å². The van der Waals surface area contributed by atoms with E-state index in [1.807, 2.05) is 0 Å². The van der Waals surface area contributed by atoms with Gasteiger partial charge in [0, 0.05) is 26.3 Å². The average Bonchev–Trinajstić information content (AvgIpc) is 2.41. The lowest BCUT2D eigenvalue weighted by molar-refractivity contribution is -0.121. The van der Waals surface area contributed by atoms with Crippen LogP contribution in [0.5, 0.6) is 5.75 Å². The van der Waals surface area contributed by atoms with Crippen molar-refractivity contribution < 1.29 is 19.4 Å². The van der Waals surface area contributed by atoms with Crippen molar-refractivity contribution in [2.75, 3.05) is 33.9 Å². The zero-order chi connectivity index (χ0) is 15.1. The summed E-state index contributed by atoms with van der Waals surface area (Å²) in [5.41, 5.74) is 0.306. The molecular formula is C13H17ClN2O4. The van der Waals surface area contributed by atoms with Crippen LogP contribution in [-0.4, -0.2) is 55.7 Å². The molecule has 0 bridgehead atoms. The molecule has 0 aliphatic rings. The number of amides is 2. The molecule has 0 unspecified atom stereocenters. The Labute approximate surface area is 122 Å². The van der Waals surface area contributed by atoms with Gasteiger partial charge in [-0.2, -0.15) is 0 Å². The number of aromatic hydroxyl groups is 1. The van der Waals surface area contributed by atoms with Crippen LogP contribution in [0.3, 0.4) is 0 Å². The Balaban J connectivity index is 2.58. The SMILES string of the molecule is COCCNC(=O)CN(C)C(=O)c1ccc(O)c(Cl)c1. The summed E-state index contributed by atoms with van der Waals surface area (Å²) >= 11 is 5.74. The molecule has 0 saturated heterocycles. The molecule has 0 aliphatic heterocycles. The summed E-state index contributed by atoms with van der Waals surface area (Å²) in [6, 6.07) is 4.14. The molecule has 2 N–H and O–H groups in total. The lowest BCUT2D eigenvalue weighted by atomic mass is 10.2. The van der Waals surface area contributed by atoms with E-state index in [1.54, 1.807) is 0 Å². The van der Waals surface area contributed by atoms with Crippen molar-refractivity contribution in [3.8, 4) is 5.75 Å². The van der Waals surface area contributed by atoms with E-state index in [-0.39, 0.29) is 29.1 Å². The lowest BCUT2D eigenvalue weighted by Crippen LogP contribution is -2.39. The van der Waals surface area contributed by atoms with Crippen molar-refractivity contribution in [1.29, 1.82) is 0 Å². The highest BCUT2D eigenvalue weighted by molar-refractivity contribution is 6.32. The summed E-state index contributed by atoms with van der Waals surface area (Å²) in [5.74, 6) is -0.722. The average molecular weight is 301 g/mol. The molecule has 1 aromatic rings. The first-order valence-corrected chi connectivity index (χ1v) is 6.33. The van der Waals surface area contributed by atoms with Gasteiger partial charge in [0.15, 0.2) is 0 Å². The number of halogens is 1. The van der Waals surface area contributed by atoms with Gasteiger partial charge in [0.1, 0.15) is 5.75 Å². The highest BCUT2D eigenvalue weighted by atomic mass is 35.5. The molecule has 7 heteroatoms. The van der Waals surface area contributed by atoms with Gasteiger partial charge in [0.05, 0.1) is 18.2 Å². The molecular weight excluding hydrogens is 284 g/mol. The molecule has 0 heterocycles. The highest BCUT2D eigenvalue weighted by Crippen LogP contribution is 2.24. The number of hydrogen-bond donors (Lipinski definition) is 2. The summed E-state index contributed by atoms with van der Waals surface area (Å²) in [4.78, 5) is 24.9. The van der Waals surface area contributed by atoms with Gasteiger partial charge >= 0.3 is 0 Å². The van der Waals surface area contributed by atoms with E-state index in [4.69, 9.17) is 16.3 Å². The van der Waals surface area contributed by atoms with Crippen LogP contribution in [0.15, 0.2) is 18.2 Å². The Kier molecular flexibility index (Phi) is 6.27. The van der Waals surface area contributed by atoms with E-state index in [9.17, 15) is 14.7 Å². The minimum absolute atomic E-state index is 0.0684. The third-order valence-electron chi connectivity index (χ3n) is 2.55. The number of carbonyl (C=O) groups excluding carboxylic acids is 2. The molecule has 20 heavy (non-hydrogen) atoms. The topological polar surface area (TPSA) is 78.9 Å². The molecule has 2 amide bonds. The Hall–Kier alpha value is -1.79. The first-order valence-electron chi connectivity index (χ1n) is 5.95. The molecule has 0 fully saturated rings. The van der Waals surface area contributed by atoms with Crippen LogP contribution in [0.1, 0.15) is 10.4 Å². The van der Waals surface area contributed by atoms with Gasteiger partial charge in [0.2, 0.25) is 5.91 Å². The van der Waals surface area contributed by atoms with Crippen LogP contribution < -0.4 is 5.32 Å². The number of nitrogens with zero attached hydrogens (tertiary/aromatic N) is 1. The van der Waals surface area contributed by atoms with E-state index in [0.29, 0.717) is 18.7 Å². The quantitative estimate of drug-likeness (QED) is 0.765. The number of ether oxygens (including phenoxy) is 1. The van der Waals surface area contributed by atoms with E-state index < -0.39 is 0 Å². The number of hydrogen-bond acceptors (Lipinski definition) is 4. The van der Waals surface area contributed by atoms with Crippen molar-refractivity contribution >= 4 is 23.4 Å². The summed E-state index contributed by atoms with van der Waals surface area (Å²) in [6.45, 7) is 0.737. The molecule has 0 aliphatic carbocycles. The predicted octanol–water partition coefficient (Wildman–Crippen LogP) is 0.880. The lowest BCUT2D eigenvalue weighted by Gasteiger charge is -2.17. The number of phenols is 1. The van der Waals surface area contributed by atoms with Crippen molar-refractivity contribution in [2.24, 2.45) is 0 Å². The van der Waals surface area contributed by atoms with Crippen LogP contribution >= 0.6 is 11.6 Å². The Bertz CT molecular complexity index is 493. The summed E-state index contributed by atoms with van der Waals surface area (Å²) in [6.07, 6.45) is 0. The van der Waals surface area contributed by atoms with Gasteiger partial charge in [-0.25, -0.2) is 0 Å². The molecule has 1 rings (SSSR count). The first-order chi connectivity index (χ1) is 9.45. The second-order valence-electron chi connectivity index (χ2n) is 4.17. The number of benzene rings is 1. The largest absolute Gasteiger partial charge is 0.506 e.